The van der Waals surface area contributed by atoms with Crippen LogP contribution in [-0.4, -0.2) is 13.1 Å². The van der Waals surface area contributed by atoms with Crippen LogP contribution in [0.25, 0.3) is 0 Å². The third-order valence-electron chi connectivity index (χ3n) is 4.34. The molecule has 2 aromatic carbocycles. The SMILES string of the molecule is Nc1ccc(N2CCC(Cc3cccc(F)c3)CC2)c(Cl)c1. The van der Waals surface area contributed by atoms with Crippen LogP contribution in [0.5, 0.6) is 0 Å². The van der Waals surface area contributed by atoms with Crippen molar-refractivity contribution in [1.82, 2.24) is 0 Å². The van der Waals surface area contributed by atoms with Gasteiger partial charge in [0.25, 0.3) is 0 Å². The first-order chi connectivity index (χ1) is 10.6. The van der Waals surface area contributed by atoms with Crippen molar-refractivity contribution in [1.29, 1.82) is 0 Å². The Hall–Kier alpha value is -1.74. The summed E-state index contributed by atoms with van der Waals surface area (Å²) in [6, 6.07) is 12.6. The van der Waals surface area contributed by atoms with Crippen molar-refractivity contribution in [3.63, 3.8) is 0 Å². The number of piperidine rings is 1. The van der Waals surface area contributed by atoms with Gasteiger partial charge in [0, 0.05) is 18.8 Å². The maximum absolute atomic E-state index is 13.2. The van der Waals surface area contributed by atoms with E-state index in [1.807, 2.05) is 18.2 Å². The number of nitrogen functional groups attached to an aromatic ring is 1. The Morgan fingerprint density at radius 2 is 1.91 bits per heavy atom. The summed E-state index contributed by atoms with van der Waals surface area (Å²) in [5, 5.41) is 0.712. The number of rotatable bonds is 3. The predicted octanol–water partition coefficient (Wildman–Crippen LogP) is 4.52. The van der Waals surface area contributed by atoms with E-state index in [2.05, 4.69) is 4.90 Å². The van der Waals surface area contributed by atoms with Gasteiger partial charge < -0.3 is 10.6 Å². The van der Waals surface area contributed by atoms with E-state index in [0.717, 1.165) is 43.6 Å². The molecule has 1 aliphatic rings. The second-order valence-electron chi connectivity index (χ2n) is 5.98. The fraction of sp³-hybridized carbons (Fsp3) is 0.333. The maximum Gasteiger partial charge on any atom is 0.123 e. The van der Waals surface area contributed by atoms with Gasteiger partial charge in [-0.2, -0.15) is 0 Å². The zero-order chi connectivity index (χ0) is 15.5. The van der Waals surface area contributed by atoms with Gasteiger partial charge in [-0.15, -0.1) is 0 Å². The summed E-state index contributed by atoms with van der Waals surface area (Å²) in [6.07, 6.45) is 3.13. The van der Waals surface area contributed by atoms with Crippen LogP contribution in [0.2, 0.25) is 5.02 Å². The Morgan fingerprint density at radius 1 is 1.14 bits per heavy atom. The van der Waals surface area contributed by atoms with Gasteiger partial charge in [-0.3, -0.25) is 0 Å². The largest absolute Gasteiger partial charge is 0.399 e. The summed E-state index contributed by atoms with van der Waals surface area (Å²) < 4.78 is 13.2. The van der Waals surface area contributed by atoms with Gasteiger partial charge in [0.1, 0.15) is 5.82 Å². The van der Waals surface area contributed by atoms with Crippen molar-refractivity contribution in [2.75, 3.05) is 23.7 Å². The van der Waals surface area contributed by atoms with Crippen LogP contribution >= 0.6 is 11.6 Å². The number of nitrogens with two attached hydrogens (primary N) is 1. The van der Waals surface area contributed by atoms with Gasteiger partial charge in [-0.25, -0.2) is 4.39 Å². The van der Waals surface area contributed by atoms with Gasteiger partial charge in [0.15, 0.2) is 0 Å². The third-order valence-corrected chi connectivity index (χ3v) is 4.64. The molecule has 0 aliphatic carbocycles. The zero-order valence-electron chi connectivity index (χ0n) is 12.4. The molecule has 22 heavy (non-hydrogen) atoms. The number of hydrogen-bond acceptors (Lipinski definition) is 2. The minimum absolute atomic E-state index is 0.149. The molecule has 0 radical (unpaired) electrons. The minimum atomic E-state index is -0.149. The fourth-order valence-electron chi connectivity index (χ4n) is 3.15. The first-order valence-corrected chi connectivity index (χ1v) is 8.04. The van der Waals surface area contributed by atoms with E-state index in [1.165, 1.54) is 6.07 Å². The Balaban J connectivity index is 1.60. The van der Waals surface area contributed by atoms with Gasteiger partial charge in [-0.05, 0) is 61.1 Å². The number of halogens is 2. The van der Waals surface area contributed by atoms with E-state index in [4.69, 9.17) is 17.3 Å². The topological polar surface area (TPSA) is 29.3 Å². The van der Waals surface area contributed by atoms with Crippen LogP contribution in [0.15, 0.2) is 42.5 Å². The van der Waals surface area contributed by atoms with Crippen molar-refractivity contribution >= 4 is 23.0 Å². The molecule has 1 heterocycles. The molecule has 2 nitrogen and oxygen atoms in total. The fourth-order valence-corrected chi connectivity index (χ4v) is 3.46. The normalized spacial score (nSPS) is 16.0. The molecule has 0 bridgehead atoms. The average molecular weight is 319 g/mol. The molecule has 2 aromatic rings. The van der Waals surface area contributed by atoms with Gasteiger partial charge in [0.2, 0.25) is 0 Å². The third kappa shape index (κ3) is 3.53. The Labute approximate surface area is 135 Å². The molecule has 116 valence electrons. The molecule has 3 rings (SSSR count). The van der Waals surface area contributed by atoms with Crippen molar-refractivity contribution in [3.05, 3.63) is 58.9 Å². The summed E-state index contributed by atoms with van der Waals surface area (Å²) in [5.74, 6) is 0.453. The Bertz CT molecular complexity index is 651. The highest BCUT2D eigenvalue weighted by Crippen LogP contribution is 2.32. The van der Waals surface area contributed by atoms with E-state index >= 15 is 0 Å². The summed E-state index contributed by atoms with van der Waals surface area (Å²) in [5.41, 5.74) is 8.58. The molecule has 0 atom stereocenters. The highest BCUT2D eigenvalue weighted by atomic mass is 35.5. The second-order valence-corrected chi connectivity index (χ2v) is 6.38. The van der Waals surface area contributed by atoms with Gasteiger partial charge in [-0.1, -0.05) is 23.7 Å². The molecule has 0 aromatic heterocycles. The highest BCUT2D eigenvalue weighted by Gasteiger charge is 2.21. The highest BCUT2D eigenvalue weighted by molar-refractivity contribution is 6.33. The van der Waals surface area contributed by atoms with Crippen LogP contribution in [0.1, 0.15) is 18.4 Å². The van der Waals surface area contributed by atoms with Crippen LogP contribution in [0.4, 0.5) is 15.8 Å². The van der Waals surface area contributed by atoms with Crippen LogP contribution < -0.4 is 10.6 Å². The van der Waals surface area contributed by atoms with Crippen LogP contribution in [0, 0.1) is 11.7 Å². The number of anilines is 2. The molecule has 0 saturated carbocycles. The predicted molar refractivity (Wildman–Crippen MR) is 90.9 cm³/mol. The number of benzene rings is 2. The molecule has 4 heteroatoms. The van der Waals surface area contributed by atoms with E-state index in [0.29, 0.717) is 16.6 Å². The number of nitrogens with zero attached hydrogens (tertiary/aromatic N) is 1. The lowest BCUT2D eigenvalue weighted by atomic mass is 9.90. The number of hydrogen-bond donors (Lipinski definition) is 1. The molecular formula is C18H20ClFN2. The average Bonchev–Trinajstić information content (AvgIpc) is 2.48. The monoisotopic (exact) mass is 318 g/mol. The van der Waals surface area contributed by atoms with Gasteiger partial charge in [0.05, 0.1) is 10.7 Å². The molecule has 1 aliphatic heterocycles. The lowest BCUT2D eigenvalue weighted by Gasteiger charge is -2.34. The van der Waals surface area contributed by atoms with Gasteiger partial charge >= 0.3 is 0 Å². The lowest BCUT2D eigenvalue weighted by Crippen LogP contribution is -2.34. The molecule has 0 amide bonds. The lowest BCUT2D eigenvalue weighted by molar-refractivity contribution is 0.403. The minimum Gasteiger partial charge on any atom is -0.399 e. The quantitative estimate of drug-likeness (QED) is 0.843. The molecule has 1 saturated heterocycles. The molecule has 1 fully saturated rings. The van der Waals surface area contributed by atoms with Crippen LogP contribution in [0.3, 0.4) is 0 Å². The summed E-state index contributed by atoms with van der Waals surface area (Å²) in [7, 11) is 0. The van der Waals surface area contributed by atoms with Crippen molar-refractivity contribution in [3.8, 4) is 0 Å². The first kappa shape index (κ1) is 15.2. The zero-order valence-corrected chi connectivity index (χ0v) is 13.2. The Morgan fingerprint density at radius 3 is 2.59 bits per heavy atom. The van der Waals surface area contributed by atoms with Crippen molar-refractivity contribution < 1.29 is 4.39 Å². The van der Waals surface area contributed by atoms with E-state index in [9.17, 15) is 4.39 Å². The van der Waals surface area contributed by atoms with Crippen molar-refractivity contribution in [2.24, 2.45) is 5.92 Å². The summed E-state index contributed by atoms with van der Waals surface area (Å²) in [4.78, 5) is 2.31. The van der Waals surface area contributed by atoms with Crippen LogP contribution in [-0.2, 0) is 6.42 Å². The molecule has 0 spiro atoms. The smallest absolute Gasteiger partial charge is 0.123 e. The molecule has 2 N–H and O–H groups in total. The maximum atomic E-state index is 13.2. The first-order valence-electron chi connectivity index (χ1n) is 7.66. The van der Waals surface area contributed by atoms with E-state index in [-0.39, 0.29) is 5.82 Å². The standard InChI is InChI=1S/C18H20ClFN2/c19-17-12-16(21)4-5-18(17)22-8-6-13(7-9-22)10-14-2-1-3-15(20)11-14/h1-5,11-13H,6-10,21H2. The molecule has 0 unspecified atom stereocenters. The summed E-state index contributed by atoms with van der Waals surface area (Å²) in [6.45, 7) is 1.95. The summed E-state index contributed by atoms with van der Waals surface area (Å²) >= 11 is 6.28. The van der Waals surface area contributed by atoms with Crippen molar-refractivity contribution in [2.45, 2.75) is 19.3 Å². The van der Waals surface area contributed by atoms with E-state index in [1.54, 1.807) is 18.2 Å². The second kappa shape index (κ2) is 6.57. The van der Waals surface area contributed by atoms with E-state index < -0.39 is 0 Å². The Kier molecular flexibility index (Phi) is 4.53. The molecular weight excluding hydrogens is 299 g/mol.